The van der Waals surface area contributed by atoms with Crippen molar-refractivity contribution in [3.63, 3.8) is 0 Å². The van der Waals surface area contributed by atoms with Crippen LogP contribution in [0.3, 0.4) is 0 Å². The molecule has 136 valence electrons. The third-order valence-corrected chi connectivity index (χ3v) is 9.52. The Morgan fingerprint density at radius 1 is 1.00 bits per heavy atom. The summed E-state index contributed by atoms with van der Waals surface area (Å²) in [5.74, 6) is 8.18. The van der Waals surface area contributed by atoms with Crippen LogP contribution >= 0.6 is 0 Å². The van der Waals surface area contributed by atoms with Gasteiger partial charge in [0.2, 0.25) is 0 Å². The summed E-state index contributed by atoms with van der Waals surface area (Å²) in [4.78, 5) is 0. The van der Waals surface area contributed by atoms with E-state index in [1.54, 1.807) is 9.96 Å². The molecule has 0 aliphatic carbocycles. The van der Waals surface area contributed by atoms with Crippen molar-refractivity contribution < 1.29 is 4.57 Å². The predicted octanol–water partition coefficient (Wildman–Crippen LogP) is 5.38. The molecule has 0 radical (unpaired) electrons. The van der Waals surface area contributed by atoms with Gasteiger partial charge in [0.1, 0.15) is 0 Å². The van der Waals surface area contributed by atoms with Crippen molar-refractivity contribution >= 4 is 28.4 Å². The number of hydrogen-bond donors (Lipinski definition) is 0. The Bertz CT molecular complexity index is 948. The van der Waals surface area contributed by atoms with Crippen LogP contribution in [0.15, 0.2) is 48.7 Å². The van der Waals surface area contributed by atoms with Crippen molar-refractivity contribution in [2.24, 2.45) is 13.0 Å². The van der Waals surface area contributed by atoms with Gasteiger partial charge < -0.3 is 0 Å². The van der Waals surface area contributed by atoms with Crippen LogP contribution in [0.2, 0.25) is 17.3 Å². The number of aromatic nitrogens is 1. The van der Waals surface area contributed by atoms with Crippen LogP contribution in [-0.2, 0) is 13.5 Å². The van der Waals surface area contributed by atoms with E-state index >= 15 is 0 Å². The SMILES string of the molecule is Cc1ccc2ccccc2c1-c1cc(CC(C)C)[c]([Ge]([CH3])([CH3])[CH3])c[n+]1C. The average molecular weight is 407 g/mol. The molecule has 2 heteroatoms. The van der Waals surface area contributed by atoms with Crippen LogP contribution in [0.1, 0.15) is 25.0 Å². The van der Waals surface area contributed by atoms with Crippen molar-refractivity contribution in [1.82, 2.24) is 0 Å². The molecule has 3 aromatic rings. The van der Waals surface area contributed by atoms with Gasteiger partial charge in [0.25, 0.3) is 0 Å². The van der Waals surface area contributed by atoms with Gasteiger partial charge in [-0.2, -0.15) is 0 Å². The minimum absolute atomic E-state index is 0.674. The van der Waals surface area contributed by atoms with Gasteiger partial charge in [0.15, 0.2) is 0 Å². The van der Waals surface area contributed by atoms with Gasteiger partial charge in [-0.05, 0) is 0 Å². The standard InChI is InChI=1S/C24H32GeN/c1-17(2)14-20-15-23(26(7)16-22(20)25(4,5)6)24-18(3)12-13-19-10-8-9-11-21(19)24/h8-13,15-17H,14H2,1-7H3/q+1. The molecule has 0 saturated carbocycles. The first-order valence-corrected chi connectivity index (χ1v) is 17.0. The van der Waals surface area contributed by atoms with E-state index in [9.17, 15) is 0 Å². The molecule has 0 N–H and O–H groups in total. The molecular weight excluding hydrogens is 375 g/mol. The number of nitrogens with zero attached hydrogens (tertiary/aromatic N) is 1. The van der Waals surface area contributed by atoms with Gasteiger partial charge in [-0.1, -0.05) is 0 Å². The number of fused-ring (bicyclic) bond motifs is 1. The van der Waals surface area contributed by atoms with E-state index in [4.69, 9.17) is 0 Å². The van der Waals surface area contributed by atoms with E-state index in [1.165, 1.54) is 27.6 Å². The second-order valence-corrected chi connectivity index (χ2v) is 19.6. The molecule has 2 aromatic carbocycles. The zero-order valence-corrected chi connectivity index (χ0v) is 19.4. The van der Waals surface area contributed by atoms with Crippen LogP contribution in [0.5, 0.6) is 0 Å². The second-order valence-electron chi connectivity index (χ2n) is 9.04. The van der Waals surface area contributed by atoms with Crippen LogP contribution in [0.25, 0.3) is 22.0 Å². The maximum atomic E-state index is 2.50. The summed E-state index contributed by atoms with van der Waals surface area (Å²) in [5, 5.41) is 2.67. The van der Waals surface area contributed by atoms with Gasteiger partial charge >= 0.3 is 161 Å². The van der Waals surface area contributed by atoms with E-state index in [-0.39, 0.29) is 0 Å². The molecule has 3 rings (SSSR count). The number of benzene rings is 2. The molecule has 26 heavy (non-hydrogen) atoms. The minimum atomic E-state index is -1.93. The van der Waals surface area contributed by atoms with Crippen LogP contribution < -0.4 is 8.96 Å². The van der Waals surface area contributed by atoms with E-state index in [1.807, 2.05) is 0 Å². The van der Waals surface area contributed by atoms with Gasteiger partial charge in [-0.25, -0.2) is 0 Å². The van der Waals surface area contributed by atoms with Gasteiger partial charge in [-0.3, -0.25) is 0 Å². The van der Waals surface area contributed by atoms with Crippen LogP contribution in [0.4, 0.5) is 0 Å². The molecule has 0 bridgehead atoms. The molecule has 0 unspecified atom stereocenters. The van der Waals surface area contributed by atoms with E-state index < -0.39 is 13.3 Å². The summed E-state index contributed by atoms with van der Waals surface area (Å²) in [7, 11) is 2.22. The molecule has 0 aliphatic heterocycles. The molecule has 1 heterocycles. The van der Waals surface area contributed by atoms with E-state index in [2.05, 4.69) is 98.3 Å². The molecule has 1 nitrogen and oxygen atoms in total. The first kappa shape index (κ1) is 19.2. The van der Waals surface area contributed by atoms with Gasteiger partial charge in [0, 0.05) is 0 Å². The van der Waals surface area contributed by atoms with Crippen LogP contribution in [-0.4, -0.2) is 13.3 Å². The fourth-order valence-corrected chi connectivity index (χ4v) is 7.55. The van der Waals surface area contributed by atoms with Crippen molar-refractivity contribution in [2.75, 3.05) is 0 Å². The van der Waals surface area contributed by atoms with Crippen molar-refractivity contribution in [3.8, 4) is 11.3 Å². The Morgan fingerprint density at radius 3 is 2.35 bits per heavy atom. The topological polar surface area (TPSA) is 3.88 Å². The molecule has 0 amide bonds. The monoisotopic (exact) mass is 408 g/mol. The van der Waals surface area contributed by atoms with Gasteiger partial charge in [-0.15, -0.1) is 0 Å². The van der Waals surface area contributed by atoms with Gasteiger partial charge in [0.05, 0.1) is 0 Å². The van der Waals surface area contributed by atoms with E-state index in [0.29, 0.717) is 5.92 Å². The zero-order valence-electron chi connectivity index (χ0n) is 17.4. The summed E-state index contributed by atoms with van der Waals surface area (Å²) in [6, 6.07) is 15.7. The summed E-state index contributed by atoms with van der Waals surface area (Å²) in [6.07, 6.45) is 3.60. The Hall–Kier alpha value is -1.61. The van der Waals surface area contributed by atoms with E-state index in [0.717, 1.165) is 6.42 Å². The second kappa shape index (κ2) is 7.19. The average Bonchev–Trinajstić information content (AvgIpc) is 2.55. The fraction of sp³-hybridized carbons (Fsp3) is 0.375. The maximum absolute atomic E-state index is 2.50. The van der Waals surface area contributed by atoms with Crippen molar-refractivity contribution in [2.45, 2.75) is 44.5 Å². The molecule has 0 fully saturated rings. The fourth-order valence-electron chi connectivity index (χ4n) is 3.94. The number of pyridine rings is 1. The Kier molecular flexibility index (Phi) is 5.30. The third-order valence-electron chi connectivity index (χ3n) is 5.19. The summed E-state index contributed by atoms with van der Waals surface area (Å²) >= 11 is -1.93. The molecule has 0 aliphatic rings. The van der Waals surface area contributed by atoms with Crippen molar-refractivity contribution in [1.29, 1.82) is 0 Å². The molecule has 0 atom stereocenters. The quantitative estimate of drug-likeness (QED) is 0.404. The first-order chi connectivity index (χ1) is 12.2. The predicted molar refractivity (Wildman–Crippen MR) is 117 cm³/mol. The number of rotatable bonds is 4. The Balaban J connectivity index is 2.32. The van der Waals surface area contributed by atoms with Crippen LogP contribution in [0, 0.1) is 12.8 Å². The summed E-state index contributed by atoms with van der Waals surface area (Å²) in [5.41, 5.74) is 5.63. The summed E-state index contributed by atoms with van der Waals surface area (Å²) < 4.78 is 4.01. The molecular formula is C24H32GeN+. The Morgan fingerprint density at radius 2 is 1.69 bits per heavy atom. The molecule has 0 spiro atoms. The third kappa shape index (κ3) is 3.73. The number of aryl methyl sites for hydroxylation is 2. The number of hydrogen-bond acceptors (Lipinski definition) is 0. The molecule has 0 saturated heterocycles. The Labute approximate surface area is 161 Å². The summed E-state index contributed by atoms with van der Waals surface area (Å²) in [6.45, 7) is 6.89. The van der Waals surface area contributed by atoms with Crippen molar-refractivity contribution in [3.05, 3.63) is 59.8 Å². The molecule has 1 aromatic heterocycles. The normalized spacial score (nSPS) is 12.2. The first-order valence-electron chi connectivity index (χ1n) is 9.70. The zero-order chi connectivity index (χ0) is 19.1.